The second kappa shape index (κ2) is 20.9. The minimum atomic E-state index is -4.75. The lowest BCUT2D eigenvalue weighted by molar-refractivity contribution is -0.138. The maximum atomic E-state index is 13.9. The Morgan fingerprint density at radius 2 is 1.76 bits per heavy atom. The van der Waals surface area contributed by atoms with E-state index in [1.165, 1.54) is 15.4 Å². The summed E-state index contributed by atoms with van der Waals surface area (Å²) < 4.78 is 79.1. The van der Waals surface area contributed by atoms with E-state index in [4.69, 9.17) is 15.6 Å². The number of imide groups is 1. The van der Waals surface area contributed by atoms with Crippen molar-refractivity contribution in [1.29, 1.82) is 0 Å². The van der Waals surface area contributed by atoms with Crippen LogP contribution in [0.1, 0.15) is 111 Å². The van der Waals surface area contributed by atoms with E-state index in [1.807, 2.05) is 6.07 Å². The zero-order valence-corrected chi connectivity index (χ0v) is 38.1. The third-order valence-electron chi connectivity index (χ3n) is 12.8. The Labute approximate surface area is 383 Å². The van der Waals surface area contributed by atoms with E-state index in [0.29, 0.717) is 36.9 Å². The molecule has 3 saturated heterocycles. The van der Waals surface area contributed by atoms with Crippen molar-refractivity contribution in [3.05, 3.63) is 58.5 Å². The van der Waals surface area contributed by atoms with Gasteiger partial charge in [0, 0.05) is 107 Å². The van der Waals surface area contributed by atoms with Crippen LogP contribution in [0.3, 0.4) is 0 Å². The van der Waals surface area contributed by atoms with Gasteiger partial charge in [-0.15, -0.1) is 0 Å². The van der Waals surface area contributed by atoms with Crippen LogP contribution in [-0.2, 0) is 37.3 Å². The number of anilines is 1. The smallest absolute Gasteiger partial charge is 0.419 e. The molecule has 5 aliphatic rings. The van der Waals surface area contributed by atoms with Gasteiger partial charge < -0.3 is 30.7 Å². The SMILES string of the molecule is CC(C)([OH2+])CN=C/C(=C\N)c1nc(NC2CCN(S(=O)(=O)NC3CCC(CN4CCC(OCC#Cc5cccc6c5CN(C5CCC(=O)NC5=O)C6=O)CC4)CC3)CC2)ncc1C(F)(F)F. The van der Waals surface area contributed by atoms with Crippen LogP contribution < -0.4 is 21.1 Å². The number of rotatable bonds is 14. The lowest BCUT2D eigenvalue weighted by Crippen LogP contribution is -2.52. The molecule has 4 aliphatic heterocycles. The maximum absolute atomic E-state index is 13.9. The van der Waals surface area contributed by atoms with Crippen LogP contribution in [-0.4, -0.2) is 137 Å². The summed E-state index contributed by atoms with van der Waals surface area (Å²) in [4.78, 5) is 53.3. The van der Waals surface area contributed by atoms with E-state index in [0.717, 1.165) is 75.5 Å². The van der Waals surface area contributed by atoms with Crippen molar-refractivity contribution < 1.29 is 45.8 Å². The third kappa shape index (κ3) is 12.5. The van der Waals surface area contributed by atoms with Gasteiger partial charge in [-0.05, 0) is 81.4 Å². The fourth-order valence-corrected chi connectivity index (χ4v) is 10.7. The standard InChI is InChI=1S/C45H59F3N10O7S/c1-44(2,62)28-50-24-31(23-49)40-37(45(46,47)48)25-51-43(54-40)52-32-14-20-57(21-15-32)66(63,64)55-33-10-8-29(9-11-33)26-56-18-16-34(17-19-56)65-22-4-6-30-5-3-7-35-36(30)27-58(42(35)61)38-12-13-39(59)53-41(38)60/h3,5,7,23-25,29,32-34,38,55,62H,8-22,26-28,49H2,1-2H3,(H,51,52,54)(H,53,59,60)/p+1/b31-23+,50-24?. The topological polar surface area (TPSA) is 227 Å². The predicted octanol–water partition coefficient (Wildman–Crippen LogP) is 2.93. The zero-order chi connectivity index (χ0) is 47.2. The number of aliphatic imine (C=N–C) groups is 1. The summed E-state index contributed by atoms with van der Waals surface area (Å²) in [6, 6.07) is 4.27. The fourth-order valence-electron chi connectivity index (χ4n) is 9.22. The van der Waals surface area contributed by atoms with Gasteiger partial charge in [-0.25, -0.2) is 9.97 Å². The molecule has 66 heavy (non-hydrogen) atoms. The van der Waals surface area contributed by atoms with Crippen LogP contribution in [0.4, 0.5) is 19.1 Å². The summed E-state index contributed by atoms with van der Waals surface area (Å²) in [5, 5.41) is 13.4. The van der Waals surface area contributed by atoms with Gasteiger partial charge in [0.2, 0.25) is 17.8 Å². The number of hydrogen-bond donors (Lipinski definition) is 4. The minimum absolute atomic E-state index is 0.0431. The van der Waals surface area contributed by atoms with Gasteiger partial charge in [0.25, 0.3) is 16.1 Å². The second-order valence-corrected chi connectivity index (χ2v) is 20.1. The summed E-state index contributed by atoms with van der Waals surface area (Å²) in [5.74, 6) is 5.70. The molecular formula is C45H60F3N10O7S+. The molecule has 4 fully saturated rings. The number of benzene rings is 1. The Kier molecular flexibility index (Phi) is 15.5. The number of nitrogens with zero attached hydrogens (tertiary/aromatic N) is 6. The zero-order valence-electron chi connectivity index (χ0n) is 37.3. The molecule has 1 saturated carbocycles. The van der Waals surface area contributed by atoms with E-state index in [-0.39, 0.29) is 80.7 Å². The summed E-state index contributed by atoms with van der Waals surface area (Å²) in [7, 11) is -3.76. The van der Waals surface area contributed by atoms with Crippen molar-refractivity contribution in [2.75, 3.05) is 51.2 Å². The molecule has 1 unspecified atom stereocenters. The Balaban J connectivity index is 0.804. The molecule has 7 N–H and O–H groups in total. The molecule has 1 aromatic carbocycles. The highest BCUT2D eigenvalue weighted by Gasteiger charge is 2.40. The van der Waals surface area contributed by atoms with Crippen LogP contribution in [0, 0.1) is 17.8 Å². The lowest BCUT2D eigenvalue weighted by atomic mass is 9.86. The normalized spacial score (nSPS) is 23.5. The molecule has 21 heteroatoms. The summed E-state index contributed by atoms with van der Waals surface area (Å²) in [6.45, 7) is 7.01. The first kappa shape index (κ1) is 48.9. The number of carbonyl (C=O) groups excluding carboxylic acids is 3. The highest BCUT2D eigenvalue weighted by molar-refractivity contribution is 7.87. The number of alkyl halides is 3. The van der Waals surface area contributed by atoms with Crippen LogP contribution in [0.5, 0.6) is 0 Å². The molecule has 1 aliphatic carbocycles. The molecule has 1 aromatic heterocycles. The van der Waals surface area contributed by atoms with Gasteiger partial charge in [0.05, 0.1) is 11.8 Å². The molecule has 358 valence electrons. The lowest BCUT2D eigenvalue weighted by Gasteiger charge is -2.37. The largest absolute Gasteiger partial charge is 0.440 e. The van der Waals surface area contributed by atoms with Crippen LogP contribution in [0.2, 0.25) is 0 Å². The number of fused-ring (bicyclic) bond motifs is 1. The Morgan fingerprint density at radius 3 is 2.42 bits per heavy atom. The molecule has 0 bridgehead atoms. The first-order valence-corrected chi connectivity index (χ1v) is 24.1. The molecule has 5 heterocycles. The van der Waals surface area contributed by atoms with Crippen molar-refractivity contribution in [1.82, 2.24) is 34.1 Å². The molecule has 7 rings (SSSR count). The Hall–Kier alpha value is -4.98. The summed E-state index contributed by atoms with van der Waals surface area (Å²) in [5.41, 5.74) is 5.21. The highest BCUT2D eigenvalue weighted by atomic mass is 32.2. The van der Waals surface area contributed by atoms with Crippen molar-refractivity contribution in [2.24, 2.45) is 16.6 Å². The maximum Gasteiger partial charge on any atom is 0.419 e. The molecule has 17 nitrogen and oxygen atoms in total. The van der Waals surface area contributed by atoms with Crippen molar-refractivity contribution in [3.63, 3.8) is 0 Å². The number of carbonyl (C=O) groups is 3. The monoisotopic (exact) mass is 941 g/mol. The summed E-state index contributed by atoms with van der Waals surface area (Å²) in [6.07, 6.45) is 4.55. The fraction of sp³-hybridized carbons (Fsp3) is 0.600. The summed E-state index contributed by atoms with van der Waals surface area (Å²) >= 11 is 0. The molecule has 3 amide bonds. The number of allylic oxidation sites excluding steroid dienone is 1. The predicted molar refractivity (Wildman–Crippen MR) is 241 cm³/mol. The number of likely N-dealkylation sites (tertiary alicyclic amines) is 1. The van der Waals surface area contributed by atoms with E-state index < -0.39 is 45.2 Å². The van der Waals surface area contributed by atoms with E-state index in [1.54, 1.807) is 26.0 Å². The van der Waals surface area contributed by atoms with Crippen LogP contribution in [0.25, 0.3) is 5.57 Å². The van der Waals surface area contributed by atoms with E-state index >= 15 is 0 Å². The number of halogens is 3. The highest BCUT2D eigenvalue weighted by Crippen LogP contribution is 2.35. The third-order valence-corrected chi connectivity index (χ3v) is 14.5. The first-order chi connectivity index (χ1) is 31.4. The van der Waals surface area contributed by atoms with Gasteiger partial charge in [0.1, 0.15) is 24.8 Å². The average Bonchev–Trinajstić information content (AvgIpc) is 3.60. The number of hydrogen-bond acceptors (Lipinski definition) is 12. The van der Waals surface area contributed by atoms with Crippen molar-refractivity contribution >= 4 is 45.7 Å². The molecule has 1 atom stereocenters. The van der Waals surface area contributed by atoms with Crippen LogP contribution >= 0.6 is 0 Å². The van der Waals surface area contributed by atoms with Gasteiger partial charge in [0.15, 0.2) is 5.60 Å². The van der Waals surface area contributed by atoms with Crippen molar-refractivity contribution in [2.45, 2.75) is 121 Å². The van der Waals surface area contributed by atoms with Crippen LogP contribution in [0.15, 0.2) is 35.6 Å². The molecular weight excluding hydrogens is 882 g/mol. The minimum Gasteiger partial charge on any atom is -0.440 e. The van der Waals surface area contributed by atoms with Gasteiger partial charge >= 0.3 is 6.18 Å². The Morgan fingerprint density at radius 1 is 1.03 bits per heavy atom. The van der Waals surface area contributed by atoms with Gasteiger partial charge in [-0.1, -0.05) is 17.9 Å². The second-order valence-electron chi connectivity index (χ2n) is 18.4. The Bertz CT molecular complexity index is 2340. The molecule has 0 spiro atoms. The number of nitrogens with one attached hydrogen (secondary N) is 3. The number of amides is 3. The van der Waals surface area contributed by atoms with Gasteiger partial charge in [-0.2, -0.15) is 30.6 Å². The molecule has 2 aromatic rings. The number of piperidine rings is 3. The van der Waals surface area contributed by atoms with E-state index in [9.17, 15) is 36.0 Å². The number of nitrogens with two attached hydrogens (primary N) is 1. The number of ether oxygens (including phenoxy) is 1. The quantitative estimate of drug-likeness (QED) is 0.0932. The first-order valence-electron chi connectivity index (χ1n) is 22.6. The molecule has 0 radical (unpaired) electrons. The van der Waals surface area contributed by atoms with Gasteiger partial charge in [-0.3, -0.25) is 24.7 Å². The average molecular weight is 942 g/mol. The van der Waals surface area contributed by atoms with Crippen molar-refractivity contribution in [3.8, 4) is 11.8 Å². The number of aromatic nitrogens is 2. The van der Waals surface area contributed by atoms with E-state index in [2.05, 4.69) is 47.1 Å².